The zero-order chi connectivity index (χ0) is 26.8. The Labute approximate surface area is 198 Å². The lowest BCUT2D eigenvalue weighted by atomic mass is 9.93. The molecule has 1 amide bonds. The second-order valence-corrected chi connectivity index (χ2v) is 10.6. The third-order valence-corrected chi connectivity index (χ3v) is 7.87. The zero-order valence-corrected chi connectivity index (χ0v) is 19.7. The van der Waals surface area contributed by atoms with Crippen molar-refractivity contribution in [3.05, 3.63) is 65.3 Å². The molecule has 1 aromatic rings. The van der Waals surface area contributed by atoms with Crippen molar-refractivity contribution < 1.29 is 43.9 Å². The van der Waals surface area contributed by atoms with E-state index in [1.54, 1.807) is 0 Å². The van der Waals surface area contributed by atoms with E-state index in [1.165, 1.54) is 13.8 Å². The molecule has 1 aromatic carbocycles. The van der Waals surface area contributed by atoms with Gasteiger partial charge in [0.05, 0.1) is 10.5 Å². The lowest BCUT2D eigenvalue weighted by molar-refractivity contribution is -0.137. The first kappa shape index (κ1) is 28.6. The molecule has 4 nitrogen and oxygen atoms in total. The Morgan fingerprint density at radius 3 is 2.14 bits per heavy atom. The van der Waals surface area contributed by atoms with Crippen molar-refractivity contribution in [2.75, 3.05) is 0 Å². The van der Waals surface area contributed by atoms with Crippen molar-refractivity contribution in [1.82, 2.24) is 5.32 Å². The summed E-state index contributed by atoms with van der Waals surface area (Å²) in [7, 11) is -4.77. The van der Waals surface area contributed by atoms with E-state index >= 15 is 4.39 Å². The molecular formula is C23H24F7NO3S. The topological polar surface area (TPSA) is 63.2 Å². The van der Waals surface area contributed by atoms with Gasteiger partial charge in [-0.05, 0) is 69.9 Å². The van der Waals surface area contributed by atoms with E-state index in [1.807, 2.05) is 0 Å². The summed E-state index contributed by atoms with van der Waals surface area (Å²) < 4.78 is 118. The zero-order valence-electron chi connectivity index (χ0n) is 18.9. The molecule has 2 rings (SSSR count). The van der Waals surface area contributed by atoms with Gasteiger partial charge in [0.1, 0.15) is 0 Å². The summed E-state index contributed by atoms with van der Waals surface area (Å²) in [6, 6.07) is 2.15. The maximum atomic E-state index is 15.5. The number of allylic oxidation sites excluding steroid dienone is 3. The predicted octanol–water partition coefficient (Wildman–Crippen LogP) is 6.21. The number of carbonyl (C=O) groups is 1. The summed E-state index contributed by atoms with van der Waals surface area (Å²) in [6.07, 6.45) is -9.31. The van der Waals surface area contributed by atoms with Gasteiger partial charge >= 0.3 is 12.4 Å². The van der Waals surface area contributed by atoms with Crippen LogP contribution in [0.3, 0.4) is 0 Å². The summed E-state index contributed by atoms with van der Waals surface area (Å²) >= 11 is 0. The van der Waals surface area contributed by atoms with Crippen LogP contribution in [0.5, 0.6) is 0 Å². The van der Waals surface area contributed by atoms with Gasteiger partial charge in [0.2, 0.25) is 14.8 Å². The summed E-state index contributed by atoms with van der Waals surface area (Å²) in [5.74, 6) is -0.728. The van der Waals surface area contributed by atoms with E-state index in [-0.39, 0.29) is 18.4 Å². The average Bonchev–Trinajstić information content (AvgIpc) is 2.74. The number of rotatable bonds is 6. The van der Waals surface area contributed by atoms with Crippen LogP contribution in [-0.2, 0) is 20.8 Å². The van der Waals surface area contributed by atoms with E-state index in [9.17, 15) is 39.6 Å². The summed E-state index contributed by atoms with van der Waals surface area (Å²) in [6.45, 7) is 5.90. The lowest BCUT2D eigenvalue weighted by Crippen LogP contribution is -2.45. The van der Waals surface area contributed by atoms with Crippen LogP contribution < -0.4 is 5.32 Å². The molecule has 1 fully saturated rings. The van der Waals surface area contributed by atoms with Gasteiger partial charge in [-0.3, -0.25) is 4.79 Å². The second kappa shape index (κ2) is 10.2. The molecule has 0 saturated heterocycles. The van der Waals surface area contributed by atoms with Crippen LogP contribution in [0.1, 0.15) is 45.1 Å². The third-order valence-electron chi connectivity index (χ3n) is 5.62. The number of hydrogen-bond acceptors (Lipinski definition) is 3. The van der Waals surface area contributed by atoms with Gasteiger partial charge in [-0.1, -0.05) is 18.2 Å². The standard InChI is InChI=1S/C23H24F7NO3S/c1-14(2)19(8-7-15(3)22(25,26)27)20(32)31-17-9-11-21(24,12-10-17)35(33,34)18-6-4-5-16(13-18)23(28,29)30/h4-8,13,17H,3,9-12H2,1-2H3,(H,31,32)/b8-7-. The van der Waals surface area contributed by atoms with Gasteiger partial charge in [-0.25, -0.2) is 12.8 Å². The second-order valence-electron chi connectivity index (χ2n) is 8.43. The molecule has 0 bridgehead atoms. The van der Waals surface area contributed by atoms with Crippen molar-refractivity contribution in [3.63, 3.8) is 0 Å². The molecule has 0 atom stereocenters. The molecule has 0 aliphatic heterocycles. The van der Waals surface area contributed by atoms with E-state index in [0.29, 0.717) is 23.8 Å². The molecule has 1 saturated carbocycles. The van der Waals surface area contributed by atoms with E-state index < -0.39 is 68.0 Å². The molecule has 0 heterocycles. The summed E-state index contributed by atoms with van der Waals surface area (Å²) in [5.41, 5.74) is -2.05. The highest BCUT2D eigenvalue weighted by molar-refractivity contribution is 7.92. The van der Waals surface area contributed by atoms with Crippen molar-refractivity contribution >= 4 is 15.7 Å². The highest BCUT2D eigenvalue weighted by Crippen LogP contribution is 2.41. The highest BCUT2D eigenvalue weighted by Gasteiger charge is 2.48. The predicted molar refractivity (Wildman–Crippen MR) is 116 cm³/mol. The first-order valence-corrected chi connectivity index (χ1v) is 11.9. The number of amides is 1. The molecule has 1 N–H and O–H groups in total. The Hall–Kier alpha value is -2.63. The minimum atomic E-state index is -4.81. The van der Waals surface area contributed by atoms with Crippen LogP contribution in [0, 0.1) is 0 Å². The molecular weight excluding hydrogens is 503 g/mol. The van der Waals surface area contributed by atoms with Gasteiger partial charge in [0.15, 0.2) is 0 Å². The first-order valence-electron chi connectivity index (χ1n) is 10.4. The Balaban J connectivity index is 2.13. The fraction of sp³-hybridized carbons (Fsp3) is 0.435. The molecule has 0 radical (unpaired) electrons. The first-order chi connectivity index (χ1) is 15.9. The van der Waals surface area contributed by atoms with Crippen LogP contribution in [0.2, 0.25) is 0 Å². The quantitative estimate of drug-likeness (QED) is 0.272. The maximum absolute atomic E-state index is 15.5. The number of hydrogen-bond donors (Lipinski definition) is 1. The molecule has 35 heavy (non-hydrogen) atoms. The minimum absolute atomic E-state index is 0.0657. The third kappa shape index (κ3) is 6.74. The largest absolute Gasteiger partial charge is 0.416 e. The van der Waals surface area contributed by atoms with Crippen LogP contribution >= 0.6 is 0 Å². The molecule has 12 heteroatoms. The number of nitrogens with one attached hydrogen (secondary N) is 1. The van der Waals surface area contributed by atoms with Crippen molar-refractivity contribution in [2.24, 2.45) is 0 Å². The molecule has 194 valence electrons. The number of halogens is 7. The van der Waals surface area contributed by atoms with Crippen molar-refractivity contribution in [3.8, 4) is 0 Å². The maximum Gasteiger partial charge on any atom is 0.416 e. The minimum Gasteiger partial charge on any atom is -0.349 e. The lowest BCUT2D eigenvalue weighted by Gasteiger charge is -2.34. The normalized spacial score (nSPS) is 21.6. The highest BCUT2D eigenvalue weighted by atomic mass is 32.2. The molecule has 0 spiro atoms. The van der Waals surface area contributed by atoms with Gasteiger partial charge < -0.3 is 5.32 Å². The fourth-order valence-corrected chi connectivity index (χ4v) is 5.26. The van der Waals surface area contributed by atoms with E-state index in [2.05, 4.69) is 11.9 Å². The van der Waals surface area contributed by atoms with Gasteiger partial charge in [-0.2, -0.15) is 26.3 Å². The Morgan fingerprint density at radius 1 is 1.09 bits per heavy atom. The van der Waals surface area contributed by atoms with Crippen molar-refractivity contribution in [1.29, 1.82) is 0 Å². The number of carbonyl (C=O) groups excluding carboxylic acids is 1. The van der Waals surface area contributed by atoms with Crippen LogP contribution in [-0.4, -0.2) is 31.5 Å². The Kier molecular flexibility index (Phi) is 8.30. The number of sulfone groups is 1. The monoisotopic (exact) mass is 527 g/mol. The van der Waals surface area contributed by atoms with Gasteiger partial charge in [-0.15, -0.1) is 0 Å². The van der Waals surface area contributed by atoms with Crippen LogP contribution in [0.25, 0.3) is 0 Å². The molecule has 0 aromatic heterocycles. The van der Waals surface area contributed by atoms with E-state index in [4.69, 9.17) is 0 Å². The van der Waals surface area contributed by atoms with Gasteiger partial charge in [0, 0.05) is 17.2 Å². The fourth-order valence-electron chi connectivity index (χ4n) is 3.52. The smallest absolute Gasteiger partial charge is 0.349 e. The van der Waals surface area contributed by atoms with Crippen LogP contribution in [0.15, 0.2) is 64.6 Å². The number of alkyl halides is 7. The molecule has 1 aliphatic carbocycles. The van der Waals surface area contributed by atoms with E-state index in [0.717, 1.165) is 18.2 Å². The number of benzene rings is 1. The summed E-state index contributed by atoms with van der Waals surface area (Å²) in [4.78, 5) is 11.8. The average molecular weight is 528 g/mol. The molecule has 1 aliphatic rings. The van der Waals surface area contributed by atoms with Crippen LogP contribution in [0.4, 0.5) is 30.7 Å². The Bertz CT molecular complexity index is 1140. The van der Waals surface area contributed by atoms with Crippen molar-refractivity contribution in [2.45, 2.75) is 67.8 Å². The SMILES string of the molecule is C=C(/C=C\C(C(=O)NC1CCC(F)(S(=O)(=O)c2cccc(C(F)(F)F)c2)CC1)=C(C)C)C(F)(F)F. The molecule has 0 unspecified atom stereocenters. The summed E-state index contributed by atoms with van der Waals surface area (Å²) in [5, 5.41) is -0.280. The Morgan fingerprint density at radius 2 is 1.66 bits per heavy atom. The van der Waals surface area contributed by atoms with Gasteiger partial charge in [0.25, 0.3) is 5.91 Å².